The largest absolute Gasteiger partial charge is 0.497 e. The first-order chi connectivity index (χ1) is 6.77. The molecular weight excluding hydrogens is 178 g/mol. The Morgan fingerprint density at radius 3 is 2.86 bits per heavy atom. The van der Waals surface area contributed by atoms with E-state index in [9.17, 15) is 0 Å². The number of rotatable bonds is 4. The third-order valence-corrected chi connectivity index (χ3v) is 1.72. The minimum atomic E-state index is 0.479. The van der Waals surface area contributed by atoms with Crippen LogP contribution >= 0.6 is 0 Å². The zero-order chi connectivity index (χ0) is 10.4. The number of terminal acetylenes is 1. The first-order valence-corrected chi connectivity index (χ1v) is 4.27. The predicted molar refractivity (Wildman–Crippen MR) is 56.4 cm³/mol. The molecule has 0 fully saturated rings. The minimum Gasteiger partial charge on any atom is -0.497 e. The molecule has 0 aliphatic rings. The van der Waals surface area contributed by atoms with Gasteiger partial charge in [0.25, 0.3) is 0 Å². The van der Waals surface area contributed by atoms with E-state index in [0.717, 1.165) is 0 Å². The van der Waals surface area contributed by atoms with Crippen LogP contribution in [0.5, 0.6) is 11.5 Å². The maximum absolute atomic E-state index is 5.72. The molecule has 1 aromatic carbocycles. The van der Waals surface area contributed by atoms with Gasteiger partial charge in [-0.15, -0.1) is 12.3 Å². The lowest BCUT2D eigenvalue weighted by molar-refractivity contribution is 0.328. The fourth-order valence-corrected chi connectivity index (χ4v) is 1.00. The van der Waals surface area contributed by atoms with Crippen molar-refractivity contribution in [2.45, 2.75) is 6.42 Å². The van der Waals surface area contributed by atoms with Crippen LogP contribution in [0.2, 0.25) is 0 Å². The van der Waals surface area contributed by atoms with Crippen LogP contribution in [0.1, 0.15) is 6.42 Å². The Kier molecular flexibility index (Phi) is 3.69. The molecule has 1 aromatic rings. The molecule has 0 aliphatic carbocycles. The van der Waals surface area contributed by atoms with Gasteiger partial charge >= 0.3 is 0 Å². The molecule has 0 spiro atoms. The van der Waals surface area contributed by atoms with E-state index in [-0.39, 0.29) is 0 Å². The molecule has 0 saturated carbocycles. The smallest absolute Gasteiger partial charge is 0.142 e. The summed E-state index contributed by atoms with van der Waals surface area (Å²) in [5.74, 6) is 3.84. The SMILES string of the molecule is C#CCCOc1ccc(OC)cc1N. The number of hydrogen-bond acceptors (Lipinski definition) is 3. The van der Waals surface area contributed by atoms with Gasteiger partial charge in [0.15, 0.2) is 0 Å². The van der Waals surface area contributed by atoms with Gasteiger partial charge in [-0.05, 0) is 12.1 Å². The molecule has 0 atom stereocenters. The molecule has 1 rings (SSSR count). The molecule has 0 saturated heterocycles. The summed E-state index contributed by atoms with van der Waals surface area (Å²) < 4.78 is 10.4. The van der Waals surface area contributed by atoms with Gasteiger partial charge in [-0.1, -0.05) is 0 Å². The molecule has 0 bridgehead atoms. The summed E-state index contributed by atoms with van der Waals surface area (Å²) in [5.41, 5.74) is 6.28. The highest BCUT2D eigenvalue weighted by atomic mass is 16.5. The van der Waals surface area contributed by atoms with Crippen LogP contribution in [0.3, 0.4) is 0 Å². The Balaban J connectivity index is 2.65. The second-order valence-corrected chi connectivity index (χ2v) is 2.71. The molecule has 3 heteroatoms. The number of ether oxygens (including phenoxy) is 2. The van der Waals surface area contributed by atoms with Crippen molar-refractivity contribution in [2.24, 2.45) is 0 Å². The van der Waals surface area contributed by atoms with E-state index in [1.165, 1.54) is 0 Å². The van der Waals surface area contributed by atoms with Crippen molar-refractivity contribution in [2.75, 3.05) is 19.5 Å². The number of benzene rings is 1. The van der Waals surface area contributed by atoms with Crippen molar-refractivity contribution >= 4 is 5.69 Å². The van der Waals surface area contributed by atoms with Crippen molar-refractivity contribution in [3.05, 3.63) is 18.2 Å². The lowest BCUT2D eigenvalue weighted by atomic mass is 10.3. The Hall–Kier alpha value is -1.82. The van der Waals surface area contributed by atoms with Crippen molar-refractivity contribution in [3.63, 3.8) is 0 Å². The zero-order valence-electron chi connectivity index (χ0n) is 8.12. The first kappa shape index (κ1) is 10.3. The molecule has 0 unspecified atom stereocenters. The van der Waals surface area contributed by atoms with Crippen molar-refractivity contribution in [1.29, 1.82) is 0 Å². The van der Waals surface area contributed by atoms with Gasteiger partial charge in [-0.3, -0.25) is 0 Å². The maximum Gasteiger partial charge on any atom is 0.142 e. The third-order valence-electron chi connectivity index (χ3n) is 1.72. The summed E-state index contributed by atoms with van der Waals surface area (Å²) in [4.78, 5) is 0. The zero-order valence-corrected chi connectivity index (χ0v) is 8.12. The lowest BCUT2D eigenvalue weighted by Crippen LogP contribution is -1.99. The highest BCUT2D eigenvalue weighted by Crippen LogP contribution is 2.26. The summed E-state index contributed by atoms with van der Waals surface area (Å²) in [6.07, 6.45) is 5.67. The number of methoxy groups -OCH3 is 1. The van der Waals surface area contributed by atoms with Crippen molar-refractivity contribution in [1.82, 2.24) is 0 Å². The van der Waals surface area contributed by atoms with Crippen LogP contribution in [0, 0.1) is 12.3 Å². The molecule has 0 aromatic heterocycles. The van der Waals surface area contributed by atoms with E-state index in [2.05, 4.69) is 5.92 Å². The molecule has 0 heterocycles. The highest BCUT2D eigenvalue weighted by molar-refractivity contribution is 5.56. The van der Waals surface area contributed by atoms with Gasteiger partial charge in [0.2, 0.25) is 0 Å². The van der Waals surface area contributed by atoms with Crippen LogP contribution in [0.25, 0.3) is 0 Å². The normalized spacial score (nSPS) is 9.14. The summed E-state index contributed by atoms with van der Waals surface area (Å²) in [5, 5.41) is 0. The third kappa shape index (κ3) is 2.60. The average molecular weight is 191 g/mol. The topological polar surface area (TPSA) is 44.5 Å². The summed E-state index contributed by atoms with van der Waals surface area (Å²) in [7, 11) is 1.59. The lowest BCUT2D eigenvalue weighted by Gasteiger charge is -2.08. The summed E-state index contributed by atoms with van der Waals surface area (Å²) in [6, 6.07) is 5.28. The van der Waals surface area contributed by atoms with E-state index in [1.54, 1.807) is 25.3 Å². The van der Waals surface area contributed by atoms with Crippen LogP contribution in [0.15, 0.2) is 18.2 Å². The Morgan fingerprint density at radius 1 is 1.50 bits per heavy atom. The molecule has 0 amide bonds. The van der Waals surface area contributed by atoms with Crippen LogP contribution in [-0.4, -0.2) is 13.7 Å². The summed E-state index contributed by atoms with van der Waals surface area (Å²) >= 11 is 0. The van der Waals surface area contributed by atoms with E-state index in [0.29, 0.717) is 30.2 Å². The number of nitrogen functional groups attached to an aromatic ring is 1. The quantitative estimate of drug-likeness (QED) is 0.447. The molecule has 0 aliphatic heterocycles. The number of hydrogen-bond donors (Lipinski definition) is 1. The fraction of sp³-hybridized carbons (Fsp3) is 0.273. The summed E-state index contributed by atoms with van der Waals surface area (Å²) in [6.45, 7) is 0.479. The molecular formula is C11H13NO2. The van der Waals surface area contributed by atoms with E-state index >= 15 is 0 Å². The second kappa shape index (κ2) is 5.03. The van der Waals surface area contributed by atoms with E-state index < -0.39 is 0 Å². The van der Waals surface area contributed by atoms with Gasteiger partial charge in [-0.25, -0.2) is 0 Å². The predicted octanol–water partition coefficient (Wildman–Crippen LogP) is 1.68. The molecule has 74 valence electrons. The van der Waals surface area contributed by atoms with E-state index in [4.69, 9.17) is 21.6 Å². The van der Waals surface area contributed by atoms with Crippen LogP contribution < -0.4 is 15.2 Å². The van der Waals surface area contributed by atoms with Crippen molar-refractivity contribution in [3.8, 4) is 23.8 Å². The Labute approximate surface area is 83.8 Å². The molecule has 3 nitrogen and oxygen atoms in total. The minimum absolute atomic E-state index is 0.479. The van der Waals surface area contributed by atoms with Gasteiger partial charge in [0, 0.05) is 12.5 Å². The van der Waals surface area contributed by atoms with Gasteiger partial charge < -0.3 is 15.2 Å². The van der Waals surface area contributed by atoms with Crippen LogP contribution in [-0.2, 0) is 0 Å². The average Bonchev–Trinajstić information content (AvgIpc) is 2.20. The number of anilines is 1. The van der Waals surface area contributed by atoms with Gasteiger partial charge in [0.05, 0.1) is 19.4 Å². The number of nitrogens with two attached hydrogens (primary N) is 1. The van der Waals surface area contributed by atoms with Gasteiger partial charge in [-0.2, -0.15) is 0 Å². The Morgan fingerprint density at radius 2 is 2.29 bits per heavy atom. The molecule has 0 radical (unpaired) electrons. The first-order valence-electron chi connectivity index (χ1n) is 4.27. The fourth-order valence-electron chi connectivity index (χ4n) is 1.00. The highest BCUT2D eigenvalue weighted by Gasteiger charge is 2.01. The standard InChI is InChI=1S/C11H13NO2/c1-3-4-7-14-11-6-5-9(13-2)8-10(11)12/h1,5-6,8H,4,7,12H2,2H3. The second-order valence-electron chi connectivity index (χ2n) is 2.71. The van der Waals surface area contributed by atoms with Crippen LogP contribution in [0.4, 0.5) is 5.69 Å². The van der Waals surface area contributed by atoms with Gasteiger partial charge in [0.1, 0.15) is 11.5 Å². The van der Waals surface area contributed by atoms with E-state index in [1.807, 2.05) is 0 Å². The monoisotopic (exact) mass is 191 g/mol. The van der Waals surface area contributed by atoms with Crippen molar-refractivity contribution < 1.29 is 9.47 Å². The Bertz CT molecular complexity index is 342. The maximum atomic E-state index is 5.72. The molecule has 2 N–H and O–H groups in total. The molecule has 14 heavy (non-hydrogen) atoms.